The van der Waals surface area contributed by atoms with Crippen molar-refractivity contribution in [3.63, 3.8) is 0 Å². The van der Waals surface area contributed by atoms with Crippen molar-refractivity contribution in [2.24, 2.45) is 0 Å². The number of nitrogens with zero attached hydrogens (tertiary/aromatic N) is 1. The molecule has 2 rings (SSSR count). The van der Waals surface area contributed by atoms with E-state index >= 15 is 0 Å². The topological polar surface area (TPSA) is 62.2 Å². The van der Waals surface area contributed by atoms with Gasteiger partial charge < -0.3 is 10.4 Å². The standard InChI is InChI=1S/C13H14N2O2S/c1-9-3-2-4-11(15-9)6-14-7-12-5-10(8-18-12)13(16)17/h2-5,8,14H,6-7H2,1H3,(H,16,17). The summed E-state index contributed by atoms with van der Waals surface area (Å²) in [5.74, 6) is -0.877. The van der Waals surface area contributed by atoms with E-state index in [1.165, 1.54) is 11.3 Å². The number of aromatic carboxylic acids is 1. The molecule has 0 aliphatic rings. The first-order valence-electron chi connectivity index (χ1n) is 5.59. The molecule has 0 radical (unpaired) electrons. The Bertz CT molecular complexity index is 551. The molecule has 2 aromatic rings. The number of pyridine rings is 1. The molecule has 0 saturated heterocycles. The van der Waals surface area contributed by atoms with Crippen molar-refractivity contribution in [3.8, 4) is 0 Å². The summed E-state index contributed by atoms with van der Waals surface area (Å²) in [7, 11) is 0. The summed E-state index contributed by atoms with van der Waals surface area (Å²) in [5.41, 5.74) is 2.34. The lowest BCUT2D eigenvalue weighted by atomic mass is 10.3. The van der Waals surface area contributed by atoms with Gasteiger partial charge in [-0.15, -0.1) is 11.3 Å². The predicted molar refractivity (Wildman–Crippen MR) is 70.8 cm³/mol. The minimum Gasteiger partial charge on any atom is -0.478 e. The van der Waals surface area contributed by atoms with Gasteiger partial charge in [0.15, 0.2) is 0 Å². The molecule has 0 saturated carbocycles. The molecule has 0 aliphatic carbocycles. The third-order valence-electron chi connectivity index (χ3n) is 2.45. The van der Waals surface area contributed by atoms with Crippen LogP contribution in [0.5, 0.6) is 0 Å². The Hall–Kier alpha value is -1.72. The highest BCUT2D eigenvalue weighted by molar-refractivity contribution is 7.10. The van der Waals surface area contributed by atoms with Gasteiger partial charge in [-0.3, -0.25) is 4.98 Å². The van der Waals surface area contributed by atoms with Crippen molar-refractivity contribution < 1.29 is 9.90 Å². The molecule has 5 heteroatoms. The van der Waals surface area contributed by atoms with Gasteiger partial charge in [0, 0.05) is 29.0 Å². The molecule has 0 atom stereocenters. The maximum atomic E-state index is 10.7. The second-order valence-corrected chi connectivity index (χ2v) is 4.98. The summed E-state index contributed by atoms with van der Waals surface area (Å²) in [5, 5.41) is 13.7. The Labute approximate surface area is 109 Å². The average molecular weight is 262 g/mol. The van der Waals surface area contributed by atoms with Crippen LogP contribution in [0.15, 0.2) is 29.6 Å². The molecule has 4 nitrogen and oxygen atoms in total. The van der Waals surface area contributed by atoms with Crippen LogP contribution in [-0.4, -0.2) is 16.1 Å². The number of rotatable bonds is 5. The molecule has 94 valence electrons. The maximum absolute atomic E-state index is 10.7. The molecule has 2 aromatic heterocycles. The van der Waals surface area contributed by atoms with Crippen molar-refractivity contribution >= 4 is 17.3 Å². The second kappa shape index (κ2) is 5.75. The fourth-order valence-electron chi connectivity index (χ4n) is 1.60. The summed E-state index contributed by atoms with van der Waals surface area (Å²) in [6.07, 6.45) is 0. The van der Waals surface area contributed by atoms with E-state index < -0.39 is 5.97 Å². The smallest absolute Gasteiger partial charge is 0.336 e. The predicted octanol–water partition coefficient (Wildman–Crippen LogP) is 2.44. The van der Waals surface area contributed by atoms with Crippen LogP contribution in [0.2, 0.25) is 0 Å². The number of carbonyl (C=O) groups is 1. The molecule has 2 N–H and O–H groups in total. The zero-order chi connectivity index (χ0) is 13.0. The van der Waals surface area contributed by atoms with Gasteiger partial charge in [0.1, 0.15) is 0 Å². The molecule has 0 unspecified atom stereocenters. The van der Waals surface area contributed by atoms with Gasteiger partial charge in [-0.1, -0.05) is 6.07 Å². The van der Waals surface area contributed by atoms with Crippen LogP contribution in [0.1, 0.15) is 26.6 Å². The zero-order valence-electron chi connectivity index (χ0n) is 10.0. The van der Waals surface area contributed by atoms with E-state index in [9.17, 15) is 4.79 Å². The lowest BCUT2D eigenvalue weighted by Gasteiger charge is -2.03. The number of thiophene rings is 1. The Balaban J connectivity index is 1.86. The van der Waals surface area contributed by atoms with E-state index in [1.54, 1.807) is 11.4 Å². The normalized spacial score (nSPS) is 10.5. The number of hydrogen-bond donors (Lipinski definition) is 2. The number of aromatic nitrogens is 1. The molecule has 0 amide bonds. The highest BCUT2D eigenvalue weighted by Crippen LogP contribution is 2.14. The largest absolute Gasteiger partial charge is 0.478 e. The van der Waals surface area contributed by atoms with E-state index in [0.717, 1.165) is 16.3 Å². The first kappa shape index (κ1) is 12.7. The van der Waals surface area contributed by atoms with Crippen molar-refractivity contribution in [1.82, 2.24) is 10.3 Å². The average Bonchev–Trinajstić information content (AvgIpc) is 2.78. The molecule has 0 bridgehead atoms. The molecule has 0 aromatic carbocycles. The van der Waals surface area contributed by atoms with E-state index in [2.05, 4.69) is 10.3 Å². The molecular formula is C13H14N2O2S. The maximum Gasteiger partial charge on any atom is 0.336 e. The first-order valence-corrected chi connectivity index (χ1v) is 6.47. The number of aryl methyl sites for hydroxylation is 1. The third kappa shape index (κ3) is 3.38. The summed E-state index contributed by atoms with van der Waals surface area (Å²) in [6, 6.07) is 7.61. The number of carboxylic acid groups (broad SMARTS) is 1. The first-order chi connectivity index (χ1) is 8.65. The molecule has 2 heterocycles. The van der Waals surface area contributed by atoms with Crippen LogP contribution in [0.3, 0.4) is 0 Å². The Morgan fingerprint density at radius 1 is 1.44 bits per heavy atom. The van der Waals surface area contributed by atoms with Gasteiger partial charge in [0.25, 0.3) is 0 Å². The summed E-state index contributed by atoms with van der Waals surface area (Å²) >= 11 is 1.45. The van der Waals surface area contributed by atoms with Crippen LogP contribution < -0.4 is 5.32 Å². The minimum absolute atomic E-state index is 0.352. The van der Waals surface area contributed by atoms with Crippen molar-refractivity contribution in [2.75, 3.05) is 0 Å². The van der Waals surface area contributed by atoms with Gasteiger partial charge >= 0.3 is 5.97 Å². The van der Waals surface area contributed by atoms with Gasteiger partial charge in [0.05, 0.1) is 11.3 Å². The Kier molecular flexibility index (Phi) is 4.07. The van der Waals surface area contributed by atoms with E-state index in [4.69, 9.17) is 5.11 Å². The molecule has 0 aliphatic heterocycles. The molecule has 18 heavy (non-hydrogen) atoms. The quantitative estimate of drug-likeness (QED) is 0.868. The van der Waals surface area contributed by atoms with E-state index in [0.29, 0.717) is 18.7 Å². The van der Waals surface area contributed by atoms with Crippen LogP contribution in [0.4, 0.5) is 0 Å². The summed E-state index contributed by atoms with van der Waals surface area (Å²) in [4.78, 5) is 16.1. The fraction of sp³-hybridized carbons (Fsp3) is 0.231. The van der Waals surface area contributed by atoms with Gasteiger partial charge in [0.2, 0.25) is 0 Å². The Morgan fingerprint density at radius 3 is 2.94 bits per heavy atom. The summed E-state index contributed by atoms with van der Waals surface area (Å²) < 4.78 is 0. The lowest BCUT2D eigenvalue weighted by Crippen LogP contribution is -2.13. The third-order valence-corrected chi connectivity index (χ3v) is 3.39. The van der Waals surface area contributed by atoms with Crippen LogP contribution in [-0.2, 0) is 13.1 Å². The number of carboxylic acids is 1. The molecular weight excluding hydrogens is 248 g/mol. The van der Waals surface area contributed by atoms with Crippen molar-refractivity contribution in [2.45, 2.75) is 20.0 Å². The van der Waals surface area contributed by atoms with Crippen LogP contribution in [0.25, 0.3) is 0 Å². The van der Waals surface area contributed by atoms with E-state index in [-0.39, 0.29) is 0 Å². The van der Waals surface area contributed by atoms with Crippen molar-refractivity contribution in [1.29, 1.82) is 0 Å². The van der Waals surface area contributed by atoms with Gasteiger partial charge in [-0.25, -0.2) is 4.79 Å². The monoisotopic (exact) mass is 262 g/mol. The van der Waals surface area contributed by atoms with E-state index in [1.807, 2.05) is 25.1 Å². The molecule has 0 spiro atoms. The van der Waals surface area contributed by atoms with Gasteiger partial charge in [-0.05, 0) is 25.1 Å². The van der Waals surface area contributed by atoms with Crippen LogP contribution in [0, 0.1) is 6.92 Å². The minimum atomic E-state index is -0.877. The highest BCUT2D eigenvalue weighted by atomic mass is 32.1. The Morgan fingerprint density at radius 2 is 2.28 bits per heavy atom. The summed E-state index contributed by atoms with van der Waals surface area (Å²) in [6.45, 7) is 3.30. The molecule has 0 fully saturated rings. The van der Waals surface area contributed by atoms with Gasteiger partial charge in [-0.2, -0.15) is 0 Å². The zero-order valence-corrected chi connectivity index (χ0v) is 10.8. The SMILES string of the molecule is Cc1cccc(CNCc2cc(C(=O)O)cs2)n1. The number of hydrogen-bond acceptors (Lipinski definition) is 4. The number of nitrogens with one attached hydrogen (secondary N) is 1. The van der Waals surface area contributed by atoms with Crippen LogP contribution >= 0.6 is 11.3 Å². The fourth-order valence-corrected chi connectivity index (χ4v) is 2.42. The van der Waals surface area contributed by atoms with Crippen molar-refractivity contribution in [3.05, 3.63) is 51.5 Å². The highest BCUT2D eigenvalue weighted by Gasteiger charge is 2.05. The lowest BCUT2D eigenvalue weighted by molar-refractivity contribution is 0.0697. The second-order valence-electron chi connectivity index (χ2n) is 3.98.